The van der Waals surface area contributed by atoms with Gasteiger partial charge in [0.2, 0.25) is 16.0 Å². The summed E-state index contributed by atoms with van der Waals surface area (Å²) in [5.41, 5.74) is 2.23. The van der Waals surface area contributed by atoms with E-state index in [1.807, 2.05) is 16.8 Å². The smallest absolute Gasteiger partial charge is 0.329 e. The summed E-state index contributed by atoms with van der Waals surface area (Å²) in [6.07, 6.45) is 6.63. The summed E-state index contributed by atoms with van der Waals surface area (Å²) in [7, 11) is -3.68. The highest BCUT2D eigenvalue weighted by Gasteiger charge is 2.29. The van der Waals surface area contributed by atoms with Crippen LogP contribution >= 0.6 is 0 Å². The fourth-order valence-corrected chi connectivity index (χ4v) is 7.72. The molecule has 1 saturated heterocycles. The molecule has 1 aliphatic heterocycles. The van der Waals surface area contributed by atoms with E-state index in [1.54, 1.807) is 18.3 Å². The molecule has 3 N–H and O–H groups in total. The number of hydrogen-bond donors (Lipinski definition) is 3. The number of sulfonamides is 1. The van der Waals surface area contributed by atoms with Crippen molar-refractivity contribution in [2.45, 2.75) is 62.5 Å². The van der Waals surface area contributed by atoms with Crippen LogP contribution in [0.25, 0.3) is 22.3 Å². The Morgan fingerprint density at radius 3 is 2.17 bits per heavy atom. The third-order valence-electron chi connectivity index (χ3n) is 9.26. The summed E-state index contributed by atoms with van der Waals surface area (Å²) >= 11 is 0. The maximum Gasteiger partial charge on any atom is 0.329 e. The van der Waals surface area contributed by atoms with Crippen molar-refractivity contribution in [3.63, 3.8) is 0 Å². The van der Waals surface area contributed by atoms with Gasteiger partial charge in [-0.15, -0.1) is 0 Å². The Balaban J connectivity index is 1.08. The average molecular weight is 748 g/mol. The summed E-state index contributed by atoms with van der Waals surface area (Å²) in [6, 6.07) is 7.03. The van der Waals surface area contributed by atoms with Gasteiger partial charge in [0.1, 0.15) is 12.3 Å². The highest BCUT2D eigenvalue weighted by atomic mass is 32.2. The summed E-state index contributed by atoms with van der Waals surface area (Å²) < 4.78 is 52.0. The number of aromatic nitrogens is 4. The zero-order chi connectivity index (χ0) is 36.8. The Hall–Kier alpha value is -3.29. The van der Waals surface area contributed by atoms with Crippen LogP contribution in [0.2, 0.25) is 0 Å². The molecular weight excluding hydrogens is 694 g/mol. The number of aliphatic carboxylic acids is 1. The van der Waals surface area contributed by atoms with E-state index in [1.165, 1.54) is 4.31 Å². The van der Waals surface area contributed by atoms with Crippen LogP contribution in [0.1, 0.15) is 51.5 Å². The van der Waals surface area contributed by atoms with Crippen molar-refractivity contribution in [3.05, 3.63) is 30.5 Å². The van der Waals surface area contributed by atoms with Gasteiger partial charge in [-0.3, -0.25) is 4.90 Å². The molecule has 5 rings (SSSR count). The standard InChI is InChI=1S/C35H53N7O9S/c1-2-3-12-36-35-37-25-31-33(39-42(34(31)38-35)28-6-8-29(43)9-7-28)27-4-10-30(11-5-27)52(46,47)41-15-13-40(14-16-41)17-18-48-19-20-49-21-22-50-23-24-51-26-32(44)45/h4-5,10-11,25,28-29,43H,2-3,6-9,12-24,26H2,1H3,(H,44,45)(H,36,37,38)/t28-,29-. The van der Waals surface area contributed by atoms with Crippen LogP contribution in [0.5, 0.6) is 0 Å². The lowest BCUT2D eigenvalue weighted by Gasteiger charge is -2.33. The molecule has 1 aliphatic carbocycles. The number of benzene rings is 1. The predicted molar refractivity (Wildman–Crippen MR) is 194 cm³/mol. The normalized spacial score (nSPS) is 19.0. The third kappa shape index (κ3) is 11.4. The third-order valence-corrected chi connectivity index (χ3v) is 11.2. The van der Waals surface area contributed by atoms with Gasteiger partial charge in [-0.05, 0) is 44.2 Å². The molecule has 288 valence electrons. The maximum atomic E-state index is 13.6. The first-order valence-corrected chi connectivity index (χ1v) is 19.7. The van der Waals surface area contributed by atoms with E-state index in [4.69, 9.17) is 34.1 Å². The number of unbranched alkanes of at least 4 members (excludes halogenated alkanes) is 1. The van der Waals surface area contributed by atoms with Crippen LogP contribution in [-0.4, -0.2) is 152 Å². The molecule has 0 amide bonds. The van der Waals surface area contributed by atoms with Gasteiger partial charge in [0.25, 0.3) is 0 Å². The Kier molecular flexibility index (Phi) is 15.5. The van der Waals surface area contributed by atoms with Crippen molar-refractivity contribution in [1.82, 2.24) is 29.0 Å². The molecule has 0 atom stereocenters. The number of aliphatic hydroxyl groups excluding tert-OH is 1. The molecule has 1 aromatic carbocycles. The fraction of sp³-hybridized carbons (Fsp3) is 0.657. The van der Waals surface area contributed by atoms with Crippen molar-refractivity contribution in [3.8, 4) is 11.3 Å². The number of carbonyl (C=O) groups is 1. The topological polar surface area (TPSA) is 191 Å². The molecule has 1 saturated carbocycles. The molecule has 3 aromatic rings. The number of carboxylic acids is 1. The van der Waals surface area contributed by atoms with E-state index in [0.717, 1.165) is 48.8 Å². The quantitative estimate of drug-likeness (QED) is 0.127. The fourth-order valence-electron chi connectivity index (χ4n) is 6.30. The molecular formula is C35H53N7O9S. The van der Waals surface area contributed by atoms with Gasteiger partial charge >= 0.3 is 5.97 Å². The van der Waals surface area contributed by atoms with E-state index in [9.17, 15) is 18.3 Å². The number of rotatable bonds is 22. The van der Waals surface area contributed by atoms with Gasteiger partial charge in [0.05, 0.1) is 68.7 Å². The number of ether oxygens (including phenoxy) is 4. The van der Waals surface area contributed by atoms with Gasteiger partial charge in [-0.2, -0.15) is 14.4 Å². The minimum Gasteiger partial charge on any atom is -0.480 e. The van der Waals surface area contributed by atoms with Crippen molar-refractivity contribution in [2.75, 3.05) is 97.4 Å². The lowest BCUT2D eigenvalue weighted by atomic mass is 9.93. The molecule has 2 aliphatic rings. The number of nitrogens with zero attached hydrogens (tertiary/aromatic N) is 6. The van der Waals surface area contributed by atoms with Crippen LogP contribution in [0, 0.1) is 0 Å². The Morgan fingerprint density at radius 1 is 0.904 bits per heavy atom. The lowest BCUT2D eigenvalue weighted by Crippen LogP contribution is -2.49. The van der Waals surface area contributed by atoms with Crippen LogP contribution in [0.15, 0.2) is 35.4 Å². The first-order valence-electron chi connectivity index (χ1n) is 18.3. The van der Waals surface area contributed by atoms with Gasteiger partial charge < -0.3 is 34.5 Å². The monoisotopic (exact) mass is 747 g/mol. The molecule has 0 radical (unpaired) electrons. The minimum absolute atomic E-state index is 0.111. The average Bonchev–Trinajstić information content (AvgIpc) is 3.53. The van der Waals surface area contributed by atoms with Crippen LogP contribution in [0.4, 0.5) is 5.95 Å². The van der Waals surface area contributed by atoms with Gasteiger partial charge in [0, 0.05) is 51.0 Å². The van der Waals surface area contributed by atoms with Crippen molar-refractivity contribution >= 4 is 33.0 Å². The molecule has 2 fully saturated rings. The zero-order valence-corrected chi connectivity index (χ0v) is 30.8. The molecule has 52 heavy (non-hydrogen) atoms. The molecule has 0 bridgehead atoms. The number of fused-ring (bicyclic) bond motifs is 1. The number of hydrogen-bond acceptors (Lipinski definition) is 13. The first kappa shape index (κ1) is 39.9. The second-order valence-electron chi connectivity index (χ2n) is 13.0. The lowest BCUT2D eigenvalue weighted by molar-refractivity contribution is -0.142. The second kappa shape index (κ2) is 20.2. The van der Waals surface area contributed by atoms with E-state index in [2.05, 4.69) is 22.1 Å². The summed E-state index contributed by atoms with van der Waals surface area (Å²) in [5.74, 6) is -0.450. The van der Waals surface area contributed by atoms with Gasteiger partial charge in [-0.1, -0.05) is 25.5 Å². The van der Waals surface area contributed by atoms with E-state index >= 15 is 0 Å². The van der Waals surface area contributed by atoms with E-state index < -0.39 is 16.0 Å². The summed E-state index contributed by atoms with van der Waals surface area (Å²) in [6.45, 7) is 8.00. The van der Waals surface area contributed by atoms with E-state index in [-0.39, 0.29) is 30.3 Å². The Bertz CT molecular complexity index is 1640. The maximum absolute atomic E-state index is 13.6. The molecule has 3 heterocycles. The summed E-state index contributed by atoms with van der Waals surface area (Å²) in [5, 5.41) is 27.7. The minimum atomic E-state index is -3.68. The highest BCUT2D eigenvalue weighted by Crippen LogP contribution is 2.35. The Labute approximate surface area is 305 Å². The van der Waals surface area contributed by atoms with Gasteiger partial charge in [0.15, 0.2) is 5.65 Å². The van der Waals surface area contributed by atoms with Crippen LogP contribution in [-0.2, 0) is 33.8 Å². The van der Waals surface area contributed by atoms with Crippen molar-refractivity contribution in [1.29, 1.82) is 0 Å². The summed E-state index contributed by atoms with van der Waals surface area (Å²) in [4.78, 5) is 22.2. The number of carboxylic acid groups (broad SMARTS) is 1. The largest absolute Gasteiger partial charge is 0.480 e. The number of anilines is 1. The van der Waals surface area contributed by atoms with Crippen molar-refractivity contribution in [2.24, 2.45) is 0 Å². The van der Waals surface area contributed by atoms with Crippen molar-refractivity contribution < 1.29 is 42.4 Å². The molecule has 0 spiro atoms. The predicted octanol–water partition coefficient (Wildman–Crippen LogP) is 2.64. The van der Waals surface area contributed by atoms with Gasteiger partial charge in [-0.25, -0.2) is 22.9 Å². The second-order valence-corrected chi connectivity index (χ2v) is 15.0. The molecule has 2 aromatic heterocycles. The number of aliphatic hydroxyl groups is 1. The molecule has 16 nitrogen and oxygen atoms in total. The molecule has 0 unspecified atom stereocenters. The number of nitrogens with one attached hydrogen (secondary N) is 1. The number of piperazine rings is 1. The first-order chi connectivity index (χ1) is 25.3. The SMILES string of the molecule is CCCCNc1ncc2c(-c3ccc(S(=O)(=O)N4CCN(CCOCCOCCOCCOCC(=O)O)CC4)cc3)nn([C@H]3CC[C@H](O)CC3)c2n1. The molecule has 17 heteroatoms. The highest BCUT2D eigenvalue weighted by molar-refractivity contribution is 7.89. The van der Waals surface area contributed by atoms with Crippen LogP contribution in [0.3, 0.4) is 0 Å². The zero-order valence-electron chi connectivity index (χ0n) is 30.0. The van der Waals surface area contributed by atoms with Crippen LogP contribution < -0.4 is 5.32 Å². The Morgan fingerprint density at radius 2 is 1.54 bits per heavy atom. The van der Waals surface area contributed by atoms with E-state index in [0.29, 0.717) is 96.8 Å².